The summed E-state index contributed by atoms with van der Waals surface area (Å²) in [7, 11) is 1.80. The standard InChI is InChI=1S/C35H36BrCl2N3O5/c1-23-26(6-3-7-29(23)30-8-4-9-32(35(30)38)44-11-5-10-36)22-46-34-14-33(45-21-25-12-24(15-39)16-40-17-25)27(13-31(34)37)18-41(2)28(19-42)20-43/h3-4,6-9,12-14,16-17,28,42-43H,5,10-11,18-22H2,1-2H3. The van der Waals surface area contributed by atoms with Gasteiger partial charge in [-0.3, -0.25) is 9.88 Å². The molecule has 0 fully saturated rings. The number of likely N-dealkylation sites (N-methyl/N-ethyl adjacent to an activating group) is 1. The van der Waals surface area contributed by atoms with E-state index in [4.69, 9.17) is 37.4 Å². The zero-order valence-corrected chi connectivity index (χ0v) is 28.8. The molecule has 4 rings (SSSR count). The Kier molecular flexibility index (Phi) is 13.5. The summed E-state index contributed by atoms with van der Waals surface area (Å²) in [6, 6.07) is 18.6. The second kappa shape index (κ2) is 17.5. The van der Waals surface area contributed by atoms with Crippen LogP contribution in [0.3, 0.4) is 0 Å². The van der Waals surface area contributed by atoms with E-state index in [9.17, 15) is 15.5 Å². The molecule has 1 aromatic heterocycles. The molecule has 0 aliphatic carbocycles. The Hall–Kier alpha value is -3.36. The Bertz CT molecular complexity index is 1660. The van der Waals surface area contributed by atoms with E-state index in [1.807, 2.05) is 48.2 Å². The van der Waals surface area contributed by atoms with Crippen molar-refractivity contribution in [3.05, 3.63) is 105 Å². The van der Waals surface area contributed by atoms with E-state index in [-0.39, 0.29) is 26.4 Å². The van der Waals surface area contributed by atoms with E-state index < -0.39 is 6.04 Å². The fourth-order valence-corrected chi connectivity index (χ4v) is 5.57. The van der Waals surface area contributed by atoms with Crippen LogP contribution in [-0.4, -0.2) is 58.3 Å². The van der Waals surface area contributed by atoms with Gasteiger partial charge in [0.15, 0.2) is 0 Å². The number of pyridine rings is 1. The summed E-state index contributed by atoms with van der Waals surface area (Å²) in [6.07, 6.45) is 4.00. The average molecular weight is 729 g/mol. The molecule has 3 aromatic carbocycles. The normalized spacial score (nSPS) is 11.1. The monoisotopic (exact) mass is 727 g/mol. The smallest absolute Gasteiger partial charge is 0.142 e. The fourth-order valence-electron chi connectivity index (χ4n) is 4.82. The molecule has 0 radical (unpaired) electrons. The van der Waals surface area contributed by atoms with Crippen molar-refractivity contribution < 1.29 is 24.4 Å². The first kappa shape index (κ1) is 35.5. The van der Waals surface area contributed by atoms with Gasteiger partial charge >= 0.3 is 0 Å². The van der Waals surface area contributed by atoms with Crippen LogP contribution < -0.4 is 14.2 Å². The topological polar surface area (TPSA) is 108 Å². The van der Waals surface area contributed by atoms with Crippen molar-refractivity contribution in [2.45, 2.75) is 39.1 Å². The third-order valence-corrected chi connectivity index (χ3v) is 8.76. The number of nitrogens with zero attached hydrogens (tertiary/aromatic N) is 3. The lowest BCUT2D eigenvalue weighted by Gasteiger charge is -2.26. The molecule has 242 valence electrons. The predicted octanol–water partition coefficient (Wildman–Crippen LogP) is 7.34. The molecule has 0 aliphatic heterocycles. The third kappa shape index (κ3) is 9.13. The van der Waals surface area contributed by atoms with E-state index >= 15 is 0 Å². The van der Waals surface area contributed by atoms with Crippen LogP contribution >= 0.6 is 39.1 Å². The minimum atomic E-state index is -0.454. The number of nitriles is 1. The summed E-state index contributed by atoms with van der Waals surface area (Å²) in [5.74, 6) is 1.58. The molecule has 2 N–H and O–H groups in total. The molecule has 0 amide bonds. The number of benzene rings is 3. The second-order valence-electron chi connectivity index (χ2n) is 10.7. The number of hydrogen-bond acceptors (Lipinski definition) is 8. The molecule has 0 saturated carbocycles. The molecule has 0 spiro atoms. The number of aromatic nitrogens is 1. The summed E-state index contributed by atoms with van der Waals surface area (Å²) >= 11 is 16.9. The summed E-state index contributed by atoms with van der Waals surface area (Å²) in [4.78, 5) is 5.93. The van der Waals surface area contributed by atoms with Crippen LogP contribution in [0.4, 0.5) is 0 Å². The summed E-state index contributed by atoms with van der Waals surface area (Å²) < 4.78 is 18.4. The zero-order chi connectivity index (χ0) is 33.1. The Morgan fingerprint density at radius 2 is 1.65 bits per heavy atom. The van der Waals surface area contributed by atoms with Crippen molar-refractivity contribution in [1.82, 2.24) is 9.88 Å². The highest BCUT2D eigenvalue weighted by Gasteiger charge is 2.19. The maximum Gasteiger partial charge on any atom is 0.142 e. The molecule has 8 nitrogen and oxygen atoms in total. The van der Waals surface area contributed by atoms with Crippen molar-refractivity contribution in [2.24, 2.45) is 0 Å². The van der Waals surface area contributed by atoms with Gasteiger partial charge in [0.25, 0.3) is 0 Å². The van der Waals surface area contributed by atoms with Gasteiger partial charge in [0.05, 0.1) is 41.5 Å². The first-order chi connectivity index (χ1) is 22.3. The van der Waals surface area contributed by atoms with Crippen molar-refractivity contribution in [3.8, 4) is 34.4 Å². The zero-order valence-electron chi connectivity index (χ0n) is 25.7. The summed E-state index contributed by atoms with van der Waals surface area (Å²) in [6.45, 7) is 2.92. The van der Waals surface area contributed by atoms with E-state index in [0.717, 1.165) is 45.1 Å². The van der Waals surface area contributed by atoms with Crippen LogP contribution in [0.5, 0.6) is 17.2 Å². The lowest BCUT2D eigenvalue weighted by atomic mass is 9.96. The van der Waals surface area contributed by atoms with Crippen LogP contribution in [-0.2, 0) is 19.8 Å². The van der Waals surface area contributed by atoms with Gasteiger partial charge < -0.3 is 24.4 Å². The number of alkyl halides is 1. The van der Waals surface area contributed by atoms with E-state index in [2.05, 4.69) is 27.0 Å². The van der Waals surface area contributed by atoms with Crippen LogP contribution in [0.1, 0.15) is 34.2 Å². The Balaban J connectivity index is 1.59. The second-order valence-corrected chi connectivity index (χ2v) is 12.3. The maximum absolute atomic E-state index is 9.68. The summed E-state index contributed by atoms with van der Waals surface area (Å²) in [5.41, 5.74) is 5.71. The van der Waals surface area contributed by atoms with Gasteiger partial charge in [-0.2, -0.15) is 5.26 Å². The van der Waals surface area contributed by atoms with Crippen molar-refractivity contribution in [2.75, 3.05) is 32.2 Å². The van der Waals surface area contributed by atoms with Crippen LogP contribution in [0, 0.1) is 18.3 Å². The molecule has 11 heteroatoms. The minimum Gasteiger partial charge on any atom is -0.492 e. The van der Waals surface area contributed by atoms with Crippen molar-refractivity contribution in [3.63, 3.8) is 0 Å². The van der Waals surface area contributed by atoms with Gasteiger partial charge in [-0.1, -0.05) is 69.5 Å². The van der Waals surface area contributed by atoms with Crippen molar-refractivity contribution >= 4 is 39.1 Å². The maximum atomic E-state index is 9.68. The molecule has 0 unspecified atom stereocenters. The number of rotatable bonds is 16. The fraction of sp³-hybridized carbons (Fsp3) is 0.314. The highest BCUT2D eigenvalue weighted by Crippen LogP contribution is 2.39. The van der Waals surface area contributed by atoms with E-state index in [1.54, 1.807) is 31.4 Å². The number of aliphatic hydroxyl groups is 2. The Morgan fingerprint density at radius 3 is 2.39 bits per heavy atom. The van der Waals surface area contributed by atoms with Gasteiger partial charge in [-0.25, -0.2) is 0 Å². The van der Waals surface area contributed by atoms with Crippen LogP contribution in [0.15, 0.2) is 67.0 Å². The van der Waals surface area contributed by atoms with Crippen LogP contribution in [0.2, 0.25) is 10.0 Å². The highest BCUT2D eigenvalue weighted by atomic mass is 79.9. The number of ether oxygens (including phenoxy) is 3. The van der Waals surface area contributed by atoms with Crippen molar-refractivity contribution in [1.29, 1.82) is 5.26 Å². The van der Waals surface area contributed by atoms with Gasteiger partial charge in [0, 0.05) is 47.0 Å². The molecule has 0 aliphatic rings. The lowest BCUT2D eigenvalue weighted by Crippen LogP contribution is -2.37. The van der Waals surface area contributed by atoms with Gasteiger partial charge in [0.2, 0.25) is 0 Å². The third-order valence-electron chi connectivity index (χ3n) is 7.52. The molecular weight excluding hydrogens is 693 g/mol. The number of hydrogen-bond donors (Lipinski definition) is 2. The minimum absolute atomic E-state index is 0.157. The Labute approximate surface area is 288 Å². The van der Waals surface area contributed by atoms with E-state index in [0.29, 0.717) is 46.0 Å². The summed E-state index contributed by atoms with van der Waals surface area (Å²) in [5, 5.41) is 30.4. The number of aliphatic hydroxyl groups excluding tert-OH is 2. The predicted molar refractivity (Wildman–Crippen MR) is 184 cm³/mol. The highest BCUT2D eigenvalue weighted by molar-refractivity contribution is 9.09. The van der Waals surface area contributed by atoms with Gasteiger partial charge in [-0.15, -0.1) is 0 Å². The number of halogens is 3. The average Bonchev–Trinajstić information content (AvgIpc) is 3.06. The van der Waals surface area contributed by atoms with Crippen LogP contribution in [0.25, 0.3) is 11.1 Å². The first-order valence-electron chi connectivity index (χ1n) is 14.7. The molecule has 0 saturated heterocycles. The molecule has 1 heterocycles. The quantitative estimate of drug-likeness (QED) is 0.0912. The van der Waals surface area contributed by atoms with Gasteiger partial charge in [-0.05, 0) is 55.3 Å². The van der Waals surface area contributed by atoms with Gasteiger partial charge in [0.1, 0.15) is 36.5 Å². The molecule has 46 heavy (non-hydrogen) atoms. The largest absolute Gasteiger partial charge is 0.492 e. The van der Waals surface area contributed by atoms with E-state index in [1.165, 1.54) is 6.20 Å². The first-order valence-corrected chi connectivity index (χ1v) is 16.6. The Morgan fingerprint density at radius 1 is 0.913 bits per heavy atom. The molecule has 0 bridgehead atoms. The molecular formula is C35H36BrCl2N3O5. The molecule has 0 atom stereocenters. The SMILES string of the molecule is Cc1c(COc2cc(OCc3cncc(C#N)c3)c(CN(C)C(CO)CO)cc2Cl)cccc1-c1cccc(OCCCBr)c1Cl. The molecule has 4 aromatic rings. The lowest BCUT2D eigenvalue weighted by molar-refractivity contribution is 0.0866.